The van der Waals surface area contributed by atoms with E-state index in [9.17, 15) is 5.11 Å². The average molecular weight is 278 g/mol. The van der Waals surface area contributed by atoms with Gasteiger partial charge in [-0.05, 0) is 18.6 Å². The molecule has 3 heterocycles. The molecule has 100 valence electrons. The van der Waals surface area contributed by atoms with Crippen molar-refractivity contribution < 1.29 is 5.11 Å². The average Bonchev–Trinajstić information content (AvgIpc) is 2.82. The second-order valence-corrected chi connectivity index (χ2v) is 5.88. The summed E-state index contributed by atoms with van der Waals surface area (Å²) >= 11 is 6.27. The number of halogens is 1. The minimum absolute atomic E-state index is 0.0436. The van der Waals surface area contributed by atoms with Gasteiger partial charge in [0.2, 0.25) is 0 Å². The second kappa shape index (κ2) is 4.62. The lowest BCUT2D eigenvalue weighted by molar-refractivity contribution is 0.162. The van der Waals surface area contributed by atoms with Crippen LogP contribution in [0.5, 0.6) is 0 Å². The summed E-state index contributed by atoms with van der Waals surface area (Å²) in [4.78, 5) is 11.0. The second-order valence-electron chi connectivity index (χ2n) is 5.47. The Bertz CT molecular complexity index is 619. The van der Waals surface area contributed by atoms with Crippen LogP contribution in [0.15, 0.2) is 24.4 Å². The Morgan fingerprint density at radius 1 is 1.53 bits per heavy atom. The molecule has 19 heavy (non-hydrogen) atoms. The van der Waals surface area contributed by atoms with Gasteiger partial charge >= 0.3 is 0 Å². The maximum absolute atomic E-state index is 9.43. The molecule has 0 aliphatic carbocycles. The molecule has 0 bridgehead atoms. The third kappa shape index (κ3) is 2.26. The summed E-state index contributed by atoms with van der Waals surface area (Å²) in [6.07, 6.45) is 2.68. The Balaban J connectivity index is 1.98. The largest absolute Gasteiger partial charge is 0.396 e. The standard InChI is InChI=1S/C14H16ClN3O/c1-14(9-19)4-6-18(8-14)12-7-10(15)13-11(17-12)3-2-5-16-13/h2-3,5,7,19H,4,6,8-9H2,1H3. The maximum atomic E-state index is 9.43. The number of hydrogen-bond acceptors (Lipinski definition) is 4. The van der Waals surface area contributed by atoms with Crippen molar-refractivity contribution in [2.24, 2.45) is 5.41 Å². The minimum atomic E-state index is -0.0436. The molecule has 1 atom stereocenters. The van der Waals surface area contributed by atoms with Gasteiger partial charge in [0.05, 0.1) is 17.1 Å². The monoisotopic (exact) mass is 277 g/mol. The van der Waals surface area contributed by atoms with Crippen LogP contribution in [-0.2, 0) is 0 Å². The van der Waals surface area contributed by atoms with E-state index in [0.717, 1.165) is 36.4 Å². The Labute approximate surface area is 117 Å². The van der Waals surface area contributed by atoms with E-state index in [2.05, 4.69) is 21.8 Å². The fourth-order valence-electron chi connectivity index (χ4n) is 2.52. The molecule has 1 fully saturated rings. The lowest BCUT2D eigenvalue weighted by Crippen LogP contribution is -2.28. The fraction of sp³-hybridized carbons (Fsp3) is 0.429. The van der Waals surface area contributed by atoms with Crippen LogP contribution in [0.1, 0.15) is 13.3 Å². The van der Waals surface area contributed by atoms with Gasteiger partial charge in [-0.15, -0.1) is 0 Å². The topological polar surface area (TPSA) is 49.2 Å². The summed E-state index contributed by atoms with van der Waals surface area (Å²) < 4.78 is 0. The van der Waals surface area contributed by atoms with Gasteiger partial charge < -0.3 is 10.0 Å². The molecule has 0 saturated carbocycles. The van der Waals surface area contributed by atoms with Gasteiger partial charge in [0.15, 0.2) is 0 Å². The third-order valence-corrected chi connectivity index (χ3v) is 4.06. The van der Waals surface area contributed by atoms with Crippen LogP contribution in [0.2, 0.25) is 5.02 Å². The number of aliphatic hydroxyl groups excluding tert-OH is 1. The minimum Gasteiger partial charge on any atom is -0.396 e. The van der Waals surface area contributed by atoms with Crippen molar-refractivity contribution in [2.45, 2.75) is 13.3 Å². The van der Waals surface area contributed by atoms with Gasteiger partial charge in [0.25, 0.3) is 0 Å². The highest BCUT2D eigenvalue weighted by Crippen LogP contribution is 2.34. The number of aromatic nitrogens is 2. The van der Waals surface area contributed by atoms with Gasteiger partial charge in [-0.25, -0.2) is 4.98 Å². The van der Waals surface area contributed by atoms with Crippen LogP contribution >= 0.6 is 11.6 Å². The normalized spacial score (nSPS) is 23.2. The maximum Gasteiger partial charge on any atom is 0.130 e. The van der Waals surface area contributed by atoms with E-state index >= 15 is 0 Å². The summed E-state index contributed by atoms with van der Waals surface area (Å²) in [5.41, 5.74) is 1.50. The molecule has 0 amide bonds. The zero-order valence-electron chi connectivity index (χ0n) is 10.8. The smallest absolute Gasteiger partial charge is 0.130 e. The predicted molar refractivity (Wildman–Crippen MR) is 76.6 cm³/mol. The molecule has 0 aromatic carbocycles. The van der Waals surface area contributed by atoms with E-state index in [1.54, 1.807) is 6.20 Å². The quantitative estimate of drug-likeness (QED) is 0.916. The molecule has 0 radical (unpaired) electrons. The number of fused-ring (bicyclic) bond motifs is 1. The number of anilines is 1. The predicted octanol–water partition coefficient (Wildman–Crippen LogP) is 2.49. The molecule has 1 aliphatic rings. The summed E-state index contributed by atoms with van der Waals surface area (Å²) in [6, 6.07) is 5.64. The van der Waals surface area contributed by atoms with E-state index in [1.807, 2.05) is 18.2 Å². The van der Waals surface area contributed by atoms with Crippen LogP contribution in [-0.4, -0.2) is 34.8 Å². The van der Waals surface area contributed by atoms with E-state index in [0.29, 0.717) is 5.02 Å². The number of rotatable bonds is 2. The Hall–Kier alpha value is -1.39. The van der Waals surface area contributed by atoms with Crippen LogP contribution in [0.25, 0.3) is 11.0 Å². The number of nitrogens with zero attached hydrogens (tertiary/aromatic N) is 3. The van der Waals surface area contributed by atoms with Gasteiger partial charge in [0, 0.05) is 30.8 Å². The van der Waals surface area contributed by atoms with Crippen LogP contribution < -0.4 is 4.90 Å². The number of pyridine rings is 2. The van der Waals surface area contributed by atoms with Crippen molar-refractivity contribution in [1.82, 2.24) is 9.97 Å². The van der Waals surface area contributed by atoms with Crippen molar-refractivity contribution >= 4 is 28.5 Å². The van der Waals surface area contributed by atoms with E-state index in [1.165, 1.54) is 0 Å². The molecular formula is C14H16ClN3O. The first-order valence-corrected chi connectivity index (χ1v) is 6.76. The first-order valence-electron chi connectivity index (χ1n) is 6.38. The molecule has 2 aromatic rings. The van der Waals surface area contributed by atoms with Crippen LogP contribution in [0, 0.1) is 5.41 Å². The molecule has 1 N–H and O–H groups in total. The summed E-state index contributed by atoms with van der Waals surface area (Å²) in [5, 5.41) is 10.1. The molecule has 4 nitrogen and oxygen atoms in total. The van der Waals surface area contributed by atoms with E-state index < -0.39 is 0 Å². The van der Waals surface area contributed by atoms with Gasteiger partial charge in [-0.1, -0.05) is 18.5 Å². The SMILES string of the molecule is CC1(CO)CCN(c2cc(Cl)c3ncccc3n2)C1. The van der Waals surface area contributed by atoms with Gasteiger partial charge in [-0.3, -0.25) is 4.98 Å². The van der Waals surface area contributed by atoms with Crippen LogP contribution in [0.3, 0.4) is 0 Å². The fourth-order valence-corrected chi connectivity index (χ4v) is 2.76. The molecule has 1 aliphatic heterocycles. The lowest BCUT2D eigenvalue weighted by atomic mass is 9.91. The summed E-state index contributed by atoms with van der Waals surface area (Å²) in [6.45, 7) is 3.99. The Kier molecular flexibility index (Phi) is 3.07. The molecular weight excluding hydrogens is 262 g/mol. The van der Waals surface area contributed by atoms with Crippen molar-refractivity contribution in [1.29, 1.82) is 0 Å². The Morgan fingerprint density at radius 2 is 2.37 bits per heavy atom. The Morgan fingerprint density at radius 3 is 3.11 bits per heavy atom. The number of hydrogen-bond donors (Lipinski definition) is 1. The third-order valence-electron chi connectivity index (χ3n) is 3.77. The van der Waals surface area contributed by atoms with Crippen molar-refractivity contribution in [3.63, 3.8) is 0 Å². The highest BCUT2D eigenvalue weighted by Gasteiger charge is 2.33. The highest BCUT2D eigenvalue weighted by molar-refractivity contribution is 6.35. The van der Waals surface area contributed by atoms with E-state index in [-0.39, 0.29) is 12.0 Å². The molecule has 3 rings (SSSR count). The first-order chi connectivity index (χ1) is 9.11. The van der Waals surface area contributed by atoms with Crippen molar-refractivity contribution in [3.8, 4) is 0 Å². The summed E-state index contributed by atoms with van der Waals surface area (Å²) in [5.74, 6) is 0.864. The molecule has 1 unspecified atom stereocenters. The van der Waals surface area contributed by atoms with Gasteiger partial charge in [-0.2, -0.15) is 0 Å². The van der Waals surface area contributed by atoms with Gasteiger partial charge in [0.1, 0.15) is 11.3 Å². The molecule has 0 spiro atoms. The van der Waals surface area contributed by atoms with Crippen LogP contribution in [0.4, 0.5) is 5.82 Å². The van der Waals surface area contributed by atoms with Crippen molar-refractivity contribution in [3.05, 3.63) is 29.4 Å². The van der Waals surface area contributed by atoms with Crippen molar-refractivity contribution in [2.75, 3.05) is 24.6 Å². The molecule has 5 heteroatoms. The molecule has 2 aromatic heterocycles. The zero-order chi connectivity index (χ0) is 13.5. The van der Waals surface area contributed by atoms with E-state index in [4.69, 9.17) is 11.6 Å². The first kappa shape index (κ1) is 12.6. The zero-order valence-corrected chi connectivity index (χ0v) is 11.6. The summed E-state index contributed by atoms with van der Waals surface area (Å²) in [7, 11) is 0. The number of aliphatic hydroxyl groups is 1. The highest BCUT2D eigenvalue weighted by atomic mass is 35.5. The molecule has 1 saturated heterocycles. The lowest BCUT2D eigenvalue weighted by Gasteiger charge is -2.22.